The molecule has 26 heteroatoms. The number of rotatable bonds is 14. The Bertz CT molecular complexity index is 1090. The third kappa shape index (κ3) is 5.49. The Hall–Kier alpha value is -2.86. The molecule has 0 unspecified atom stereocenters. The van der Waals surface area contributed by atoms with Gasteiger partial charge in [0.2, 0.25) is 0 Å². The van der Waals surface area contributed by atoms with Crippen molar-refractivity contribution in [1.29, 1.82) is 0 Å². The number of halogens is 22. The molecule has 0 aliphatic heterocycles. The van der Waals surface area contributed by atoms with E-state index in [0.717, 1.165) is 0 Å². The summed E-state index contributed by atoms with van der Waals surface area (Å²) in [5, 5.41) is 8.37. The zero-order valence-corrected chi connectivity index (χ0v) is 19.3. The Morgan fingerprint density at radius 2 is 0.860 bits per heavy atom. The maximum atomic E-state index is 13.8. The minimum absolute atomic E-state index is 0.0989. The van der Waals surface area contributed by atoms with Gasteiger partial charge in [0.1, 0.15) is 0 Å². The van der Waals surface area contributed by atoms with Gasteiger partial charge in [0.25, 0.3) is 0 Å². The van der Waals surface area contributed by atoms with E-state index in [1.807, 2.05) is 0 Å². The second-order valence-corrected chi connectivity index (χ2v) is 7.81. The molecule has 0 radical (unpaired) electrons. The Kier molecular flexibility index (Phi) is 10.2. The summed E-state index contributed by atoms with van der Waals surface area (Å²) in [6, 6.07) is 0. The van der Waals surface area contributed by atoms with Crippen LogP contribution in [0.25, 0.3) is 0 Å². The van der Waals surface area contributed by atoms with Crippen LogP contribution in [0, 0.1) is 0 Å². The highest BCUT2D eigenvalue weighted by Crippen LogP contribution is 2.66. The van der Waals surface area contributed by atoms with Crippen LogP contribution in [0.5, 0.6) is 0 Å². The van der Waals surface area contributed by atoms with Crippen LogP contribution in [0.1, 0.15) is 13.3 Å². The standard InChI is InChI=1S/C17H8F22O4/c1-2-4(3-5(40)41)6(42)43-17(38,39)16(36,37)15(34,35)14(32,33)13(30,31)12(28,29)11(26,27)10(24,25)9(22,23)8(20,21)7(18)19/h2,7H,3H2,1H3,(H,40,41). The third-order valence-electron chi connectivity index (χ3n) is 4.99. The van der Waals surface area contributed by atoms with Crippen molar-refractivity contribution < 1.29 is 116 Å². The maximum absolute atomic E-state index is 13.8. The second kappa shape index (κ2) is 10.9. The molecule has 254 valence electrons. The predicted octanol–water partition coefficient (Wildman–Crippen LogP) is 7.53. The molecule has 43 heavy (non-hydrogen) atoms. The smallest absolute Gasteiger partial charge is 0.473 e. The van der Waals surface area contributed by atoms with Gasteiger partial charge >= 0.3 is 77.8 Å². The number of ether oxygens (including phenoxy) is 1. The fourth-order valence-electron chi connectivity index (χ4n) is 2.41. The van der Waals surface area contributed by atoms with Gasteiger partial charge in [-0.2, -0.15) is 87.8 Å². The number of alkyl halides is 22. The quantitative estimate of drug-likeness (QED) is 0.116. The largest absolute Gasteiger partial charge is 0.481 e. The highest BCUT2D eigenvalue weighted by Gasteiger charge is 2.98. The second-order valence-electron chi connectivity index (χ2n) is 7.81. The first kappa shape index (κ1) is 40.1. The minimum Gasteiger partial charge on any atom is -0.481 e. The first-order chi connectivity index (χ1) is 18.5. The lowest BCUT2D eigenvalue weighted by Gasteiger charge is -2.44. The summed E-state index contributed by atoms with van der Waals surface area (Å²) in [6.45, 7) is 0.526. The topological polar surface area (TPSA) is 63.6 Å². The molecular weight excluding hydrogens is 686 g/mol. The van der Waals surface area contributed by atoms with Crippen molar-refractivity contribution in [2.45, 2.75) is 79.2 Å². The van der Waals surface area contributed by atoms with Crippen LogP contribution in [0.3, 0.4) is 0 Å². The molecule has 4 nitrogen and oxygen atoms in total. The molecular formula is C17H8F22O4. The molecule has 0 aromatic carbocycles. The number of aliphatic carboxylic acids is 1. The van der Waals surface area contributed by atoms with E-state index >= 15 is 0 Å². The zero-order valence-electron chi connectivity index (χ0n) is 19.3. The van der Waals surface area contributed by atoms with Crippen LogP contribution in [0.4, 0.5) is 96.6 Å². The van der Waals surface area contributed by atoms with Crippen molar-refractivity contribution in [1.82, 2.24) is 0 Å². The summed E-state index contributed by atoms with van der Waals surface area (Å²) in [5.74, 6) is -85.9. The van der Waals surface area contributed by atoms with Crippen molar-refractivity contribution in [3.63, 3.8) is 0 Å². The molecule has 0 aromatic rings. The maximum Gasteiger partial charge on any atom is 0.473 e. The summed E-state index contributed by atoms with van der Waals surface area (Å²) in [4.78, 5) is 21.8. The molecule has 0 amide bonds. The molecule has 0 aliphatic rings. The summed E-state index contributed by atoms with van der Waals surface area (Å²) < 4.78 is 296. The van der Waals surface area contributed by atoms with Crippen molar-refractivity contribution in [2.75, 3.05) is 0 Å². The predicted molar refractivity (Wildman–Crippen MR) is 87.6 cm³/mol. The SMILES string of the molecule is CC=C(CC(=O)O)C(=O)OC(F)(F)C(F)(F)C(F)(F)C(F)(F)C(F)(F)C(F)(F)C(F)(F)C(F)(F)C(F)(F)C(F)(F)C(F)F. The van der Waals surface area contributed by atoms with E-state index in [4.69, 9.17) is 5.11 Å². The van der Waals surface area contributed by atoms with Gasteiger partial charge in [-0.15, -0.1) is 0 Å². The number of allylic oxidation sites excluding steroid dienone is 1. The number of hydrogen-bond donors (Lipinski definition) is 1. The van der Waals surface area contributed by atoms with E-state index in [2.05, 4.69) is 4.74 Å². The van der Waals surface area contributed by atoms with Crippen molar-refractivity contribution in [2.24, 2.45) is 0 Å². The molecule has 0 atom stereocenters. The normalized spacial score (nSPS) is 16.0. The number of carboxylic acids is 1. The molecule has 1 N–H and O–H groups in total. The first-order valence-electron chi connectivity index (χ1n) is 9.62. The fourth-order valence-corrected chi connectivity index (χ4v) is 2.41. The van der Waals surface area contributed by atoms with Crippen LogP contribution in [-0.4, -0.2) is 82.9 Å². The molecule has 0 heterocycles. The van der Waals surface area contributed by atoms with E-state index in [9.17, 15) is 106 Å². The highest BCUT2D eigenvalue weighted by molar-refractivity contribution is 5.93. The average molecular weight is 694 g/mol. The average Bonchev–Trinajstić information content (AvgIpc) is 2.80. The molecule has 0 fully saturated rings. The van der Waals surface area contributed by atoms with Crippen molar-refractivity contribution in [3.8, 4) is 0 Å². The van der Waals surface area contributed by atoms with E-state index in [0.29, 0.717) is 6.92 Å². The lowest BCUT2D eigenvalue weighted by atomic mass is 9.86. The summed E-state index contributed by atoms with van der Waals surface area (Å²) in [5.41, 5.74) is -1.71. The molecule has 0 spiro atoms. The minimum atomic E-state index is -9.42. The highest BCUT2D eigenvalue weighted by atomic mass is 19.4. The molecule has 0 saturated carbocycles. The van der Waals surface area contributed by atoms with E-state index in [1.54, 1.807) is 0 Å². The zero-order chi connectivity index (χ0) is 35.4. The van der Waals surface area contributed by atoms with Gasteiger partial charge < -0.3 is 9.84 Å². The summed E-state index contributed by atoms with van der Waals surface area (Å²) in [6.07, 6.45) is -15.6. The van der Waals surface area contributed by atoms with Crippen LogP contribution in [0.15, 0.2) is 11.6 Å². The van der Waals surface area contributed by atoms with E-state index < -0.39 is 89.8 Å². The number of carbonyl (C=O) groups is 2. The van der Waals surface area contributed by atoms with Crippen LogP contribution >= 0.6 is 0 Å². The van der Waals surface area contributed by atoms with Gasteiger partial charge in [0, 0.05) is 5.57 Å². The lowest BCUT2D eigenvalue weighted by molar-refractivity contribution is -0.480. The molecule has 0 rings (SSSR count). The Balaban J connectivity index is 7.08. The Morgan fingerprint density at radius 3 is 1.12 bits per heavy atom. The monoisotopic (exact) mass is 694 g/mol. The fraction of sp³-hybridized carbons (Fsp3) is 0.765. The van der Waals surface area contributed by atoms with Crippen LogP contribution in [0.2, 0.25) is 0 Å². The van der Waals surface area contributed by atoms with Gasteiger partial charge in [-0.3, -0.25) is 4.79 Å². The molecule has 0 saturated heterocycles. The van der Waals surface area contributed by atoms with Gasteiger partial charge in [-0.05, 0) is 6.92 Å². The van der Waals surface area contributed by atoms with Gasteiger partial charge in [-0.1, -0.05) is 6.08 Å². The summed E-state index contributed by atoms with van der Waals surface area (Å²) >= 11 is 0. The number of esters is 1. The number of carboxylic acid groups (broad SMARTS) is 1. The Labute approximate surface area is 220 Å². The van der Waals surface area contributed by atoms with Gasteiger partial charge in [0.15, 0.2) is 0 Å². The van der Waals surface area contributed by atoms with E-state index in [-0.39, 0.29) is 6.08 Å². The molecule has 0 aromatic heterocycles. The molecule has 0 aliphatic carbocycles. The molecule has 0 bridgehead atoms. The van der Waals surface area contributed by atoms with Crippen LogP contribution < -0.4 is 0 Å². The van der Waals surface area contributed by atoms with Crippen LogP contribution in [-0.2, 0) is 14.3 Å². The van der Waals surface area contributed by atoms with Gasteiger partial charge in [0.05, 0.1) is 6.42 Å². The van der Waals surface area contributed by atoms with Crippen molar-refractivity contribution in [3.05, 3.63) is 11.6 Å². The van der Waals surface area contributed by atoms with Crippen molar-refractivity contribution >= 4 is 11.9 Å². The summed E-state index contributed by atoms with van der Waals surface area (Å²) in [7, 11) is 0. The number of carbonyl (C=O) groups excluding carboxylic acids is 1. The number of hydrogen-bond acceptors (Lipinski definition) is 3. The van der Waals surface area contributed by atoms with E-state index in [1.165, 1.54) is 0 Å². The third-order valence-corrected chi connectivity index (χ3v) is 4.99. The first-order valence-corrected chi connectivity index (χ1v) is 9.62. The Morgan fingerprint density at radius 1 is 0.581 bits per heavy atom. The lowest BCUT2D eigenvalue weighted by Crippen LogP contribution is -2.77. The van der Waals surface area contributed by atoms with Gasteiger partial charge in [-0.25, -0.2) is 13.6 Å².